The van der Waals surface area contributed by atoms with E-state index in [2.05, 4.69) is 30.9 Å². The van der Waals surface area contributed by atoms with Crippen LogP contribution in [0, 0.1) is 11.3 Å². The van der Waals surface area contributed by atoms with E-state index >= 15 is 0 Å². The first-order chi connectivity index (χ1) is 14.3. The Hall–Kier alpha value is -2.36. The van der Waals surface area contributed by atoms with Crippen LogP contribution in [-0.4, -0.2) is 60.4 Å². The molecule has 0 amide bonds. The fourth-order valence-corrected chi connectivity index (χ4v) is 4.56. The van der Waals surface area contributed by atoms with Gasteiger partial charge in [-0.2, -0.15) is 5.26 Å². The summed E-state index contributed by atoms with van der Waals surface area (Å²) in [6.45, 7) is 2.19. The van der Waals surface area contributed by atoms with E-state index < -0.39 is 41.7 Å². The number of halogens is 1. The number of carbonyl (C=O) groups is 2. The predicted octanol–water partition coefficient (Wildman–Crippen LogP) is 2.72. The fraction of sp³-hybridized carbons (Fsp3) is 0.529. The molecule has 5 atom stereocenters. The highest BCUT2D eigenvalue weighted by Gasteiger charge is 2.48. The molecule has 1 saturated heterocycles. The van der Waals surface area contributed by atoms with Crippen LogP contribution in [0.15, 0.2) is 26.7 Å². The van der Waals surface area contributed by atoms with E-state index in [9.17, 15) is 14.9 Å². The first-order valence-electron chi connectivity index (χ1n) is 8.56. The van der Waals surface area contributed by atoms with Crippen molar-refractivity contribution < 1.29 is 28.5 Å². The van der Waals surface area contributed by atoms with Gasteiger partial charge in [0.2, 0.25) is 0 Å². The first-order valence-corrected chi connectivity index (χ1v) is 10.2. The maximum absolute atomic E-state index is 11.6. The third-order valence-corrected chi connectivity index (χ3v) is 5.61. The van der Waals surface area contributed by atoms with Crippen molar-refractivity contribution in [1.82, 2.24) is 4.98 Å². The number of thioether (sulfide) groups is 1. The van der Waals surface area contributed by atoms with Gasteiger partial charge in [0, 0.05) is 41.4 Å². The van der Waals surface area contributed by atoms with Gasteiger partial charge >= 0.3 is 11.9 Å². The van der Waals surface area contributed by atoms with E-state index in [1.54, 1.807) is 6.07 Å². The van der Waals surface area contributed by atoms with Crippen LogP contribution in [0.3, 0.4) is 0 Å². The van der Waals surface area contributed by atoms with E-state index in [-0.39, 0.29) is 12.3 Å². The summed E-state index contributed by atoms with van der Waals surface area (Å²) in [6.07, 6.45) is -1.32. The Morgan fingerprint density at radius 2 is 2.17 bits per heavy atom. The highest BCUT2D eigenvalue weighted by molar-refractivity contribution is 9.10. The average Bonchev–Trinajstić information content (AvgIpc) is 2.68. The van der Waals surface area contributed by atoms with Gasteiger partial charge in [-0.1, -0.05) is 16.9 Å². The second-order valence-corrected chi connectivity index (χ2v) is 8.10. The highest BCUT2D eigenvalue weighted by atomic mass is 79.9. The molecule has 11 nitrogen and oxygen atoms in total. The summed E-state index contributed by atoms with van der Waals surface area (Å²) >= 11 is 4.43. The number of aromatic nitrogens is 1. The minimum Gasteiger partial charge on any atom is -0.463 e. The van der Waals surface area contributed by atoms with Crippen LogP contribution in [0.5, 0.6) is 0 Å². The van der Waals surface area contributed by atoms with Gasteiger partial charge in [-0.05, 0) is 27.5 Å². The first kappa shape index (κ1) is 23.9. The summed E-state index contributed by atoms with van der Waals surface area (Å²) in [5.41, 5.74) is 8.43. The lowest BCUT2D eigenvalue weighted by Gasteiger charge is -2.43. The number of pyridine rings is 1. The van der Waals surface area contributed by atoms with Gasteiger partial charge in [0.05, 0.1) is 0 Å². The molecule has 0 bridgehead atoms. The number of rotatable bonds is 7. The zero-order valence-corrected chi connectivity index (χ0v) is 18.6. The summed E-state index contributed by atoms with van der Waals surface area (Å²) < 4.78 is 22.5. The van der Waals surface area contributed by atoms with Crippen molar-refractivity contribution in [3.8, 4) is 6.07 Å². The van der Waals surface area contributed by atoms with E-state index in [0.717, 1.165) is 11.8 Å². The number of ether oxygens (including phenoxy) is 4. The second-order valence-electron chi connectivity index (χ2n) is 6.05. The number of carbonyl (C=O) groups excluding carboxylic acids is 2. The van der Waals surface area contributed by atoms with Gasteiger partial charge in [0.1, 0.15) is 42.5 Å². The maximum Gasteiger partial charge on any atom is 0.303 e. The molecule has 1 aliphatic heterocycles. The molecule has 2 heterocycles. The van der Waals surface area contributed by atoms with Crippen LogP contribution >= 0.6 is 27.7 Å². The molecule has 1 aromatic heterocycles. The van der Waals surface area contributed by atoms with Gasteiger partial charge in [-0.15, -0.1) is 0 Å². The largest absolute Gasteiger partial charge is 0.463 e. The molecule has 0 aliphatic carbocycles. The van der Waals surface area contributed by atoms with Crippen LogP contribution in [0.2, 0.25) is 0 Å². The third kappa shape index (κ3) is 6.07. The molecule has 1 fully saturated rings. The van der Waals surface area contributed by atoms with Crippen LogP contribution in [0.25, 0.3) is 10.4 Å². The Morgan fingerprint density at radius 3 is 2.73 bits per heavy atom. The monoisotopic (exact) mass is 499 g/mol. The zero-order valence-electron chi connectivity index (χ0n) is 16.2. The van der Waals surface area contributed by atoms with Crippen LogP contribution in [0.1, 0.15) is 19.5 Å². The van der Waals surface area contributed by atoms with E-state index in [1.165, 1.54) is 27.2 Å². The smallest absolute Gasteiger partial charge is 0.303 e. The van der Waals surface area contributed by atoms with Crippen molar-refractivity contribution >= 4 is 39.6 Å². The molecular formula is C17H18BrN5O6S. The molecule has 0 radical (unpaired) electrons. The number of hydrogen-bond donors (Lipinski definition) is 0. The van der Waals surface area contributed by atoms with E-state index in [1.807, 2.05) is 6.07 Å². The zero-order chi connectivity index (χ0) is 22.3. The number of nitrogens with zero attached hydrogens (tertiary/aromatic N) is 5. The van der Waals surface area contributed by atoms with Gasteiger partial charge in [-0.25, -0.2) is 4.98 Å². The van der Waals surface area contributed by atoms with Crippen molar-refractivity contribution in [3.05, 3.63) is 32.9 Å². The molecule has 0 spiro atoms. The number of esters is 2. The normalized spacial score (nSPS) is 25.5. The minimum atomic E-state index is -1.05. The van der Waals surface area contributed by atoms with Crippen molar-refractivity contribution in [1.29, 1.82) is 5.26 Å². The topological polar surface area (TPSA) is 156 Å². The number of azide groups is 1. The molecule has 13 heteroatoms. The lowest BCUT2D eigenvalue weighted by atomic mass is 9.97. The number of methoxy groups -OCH3 is 1. The minimum absolute atomic E-state index is 0.167. The lowest BCUT2D eigenvalue weighted by Crippen LogP contribution is -2.59. The standard InChI is InChI=1S/C17H18BrN5O6S/c1-8(24)27-7-12-15(28-9(2)25)14(22-23-20)16(26-3)17(29-12)30-13-4-10(18)6-21-11(13)5-19/h4,6,12,14-17H,7H2,1-3H3/t12-,14+,15+,16-,17-/m1/s1. The molecule has 1 aromatic rings. The number of hydrogen-bond acceptors (Lipinski definition) is 10. The Morgan fingerprint density at radius 1 is 1.43 bits per heavy atom. The molecule has 30 heavy (non-hydrogen) atoms. The molecule has 0 aromatic carbocycles. The predicted molar refractivity (Wildman–Crippen MR) is 107 cm³/mol. The van der Waals surface area contributed by atoms with Crippen molar-refractivity contribution in [2.45, 2.75) is 48.5 Å². The summed E-state index contributed by atoms with van der Waals surface area (Å²) in [6, 6.07) is 2.72. The summed E-state index contributed by atoms with van der Waals surface area (Å²) in [7, 11) is 1.39. The highest BCUT2D eigenvalue weighted by Crippen LogP contribution is 2.38. The fourth-order valence-electron chi connectivity index (χ4n) is 2.82. The lowest BCUT2D eigenvalue weighted by molar-refractivity contribution is -0.196. The Kier molecular flexibility index (Phi) is 8.88. The Balaban J connectivity index is 2.43. The van der Waals surface area contributed by atoms with Crippen molar-refractivity contribution in [3.63, 3.8) is 0 Å². The van der Waals surface area contributed by atoms with E-state index in [0.29, 0.717) is 9.37 Å². The third-order valence-electron chi connectivity index (χ3n) is 4.00. The van der Waals surface area contributed by atoms with Crippen LogP contribution in [-0.2, 0) is 28.5 Å². The van der Waals surface area contributed by atoms with Crippen molar-refractivity contribution in [2.75, 3.05) is 13.7 Å². The second kappa shape index (κ2) is 11.1. The van der Waals surface area contributed by atoms with Crippen molar-refractivity contribution in [2.24, 2.45) is 5.11 Å². The SMILES string of the molecule is CO[C@@H]1[C@@H](N=[N+]=[N-])[C@@H](OC(C)=O)[C@@H](COC(C)=O)O[C@@H]1Sc1cc(Br)cnc1C#N. The molecular weight excluding hydrogens is 482 g/mol. The molecule has 2 rings (SSSR count). The molecule has 0 unspecified atom stereocenters. The summed E-state index contributed by atoms with van der Waals surface area (Å²) in [5, 5.41) is 13.1. The molecule has 160 valence electrons. The summed E-state index contributed by atoms with van der Waals surface area (Å²) in [4.78, 5) is 30.3. The summed E-state index contributed by atoms with van der Waals surface area (Å²) in [5.74, 6) is -1.18. The van der Waals surface area contributed by atoms with E-state index in [4.69, 9.17) is 24.5 Å². The average molecular weight is 500 g/mol. The van der Waals surface area contributed by atoms with Gasteiger partial charge in [-0.3, -0.25) is 9.59 Å². The van der Waals surface area contributed by atoms with Crippen LogP contribution in [0.4, 0.5) is 0 Å². The Labute approximate surface area is 184 Å². The van der Waals surface area contributed by atoms with Gasteiger partial charge < -0.3 is 18.9 Å². The molecule has 0 N–H and O–H groups in total. The van der Waals surface area contributed by atoms with Gasteiger partial charge in [0.25, 0.3) is 0 Å². The number of nitriles is 1. The van der Waals surface area contributed by atoms with Crippen LogP contribution < -0.4 is 0 Å². The Bertz CT molecular complexity index is 890. The maximum atomic E-state index is 11.6. The van der Waals surface area contributed by atoms with Gasteiger partial charge in [0.15, 0.2) is 5.69 Å². The molecule has 1 aliphatic rings. The quantitative estimate of drug-likeness (QED) is 0.238. The molecule has 0 saturated carbocycles.